The minimum atomic E-state index is 0.183. The molecule has 0 atom stereocenters. The van der Waals surface area contributed by atoms with Crippen molar-refractivity contribution in [2.75, 3.05) is 39.5 Å². The Morgan fingerprint density at radius 3 is 1.00 bits per heavy atom. The topological polar surface area (TPSA) is 63.9 Å². The summed E-state index contributed by atoms with van der Waals surface area (Å²) >= 11 is 0. The van der Waals surface area contributed by atoms with Gasteiger partial charge in [-0.3, -0.25) is 4.90 Å². The smallest absolute Gasteiger partial charge is 0.0558 e. The van der Waals surface area contributed by atoms with Crippen molar-refractivity contribution in [1.29, 1.82) is 0 Å². The van der Waals surface area contributed by atoms with E-state index in [2.05, 4.69) is 4.90 Å². The minimum Gasteiger partial charge on any atom is -0.396 e. The summed E-state index contributed by atoms with van der Waals surface area (Å²) in [6, 6.07) is 0. The first kappa shape index (κ1) is 23.8. The highest BCUT2D eigenvalue weighted by molar-refractivity contribution is 4.57. The third-order valence-corrected chi connectivity index (χ3v) is 4.71. The largest absolute Gasteiger partial charge is 0.396 e. The molecule has 0 unspecified atom stereocenters. The summed E-state index contributed by atoms with van der Waals surface area (Å²) in [5.74, 6) is 0. The first-order chi connectivity index (χ1) is 11.8. The zero-order valence-electron chi connectivity index (χ0n) is 15.9. The van der Waals surface area contributed by atoms with Crippen LogP contribution < -0.4 is 0 Å². The van der Waals surface area contributed by atoms with Crippen LogP contribution in [0, 0.1) is 0 Å². The predicted molar refractivity (Wildman–Crippen MR) is 102 cm³/mol. The lowest BCUT2D eigenvalue weighted by molar-refractivity contribution is 0.159. The lowest BCUT2D eigenvalue weighted by Crippen LogP contribution is -2.30. The first-order valence-electron chi connectivity index (χ1n) is 10.4. The van der Waals surface area contributed by atoms with Gasteiger partial charge in [0.05, 0.1) is 13.2 Å². The van der Waals surface area contributed by atoms with E-state index in [0.717, 1.165) is 13.0 Å². The van der Waals surface area contributed by atoms with Crippen LogP contribution in [0.1, 0.15) is 89.9 Å². The van der Waals surface area contributed by atoms with E-state index in [9.17, 15) is 0 Å². The van der Waals surface area contributed by atoms with Gasteiger partial charge in [0.2, 0.25) is 0 Å². The summed E-state index contributed by atoms with van der Waals surface area (Å²) in [6.07, 6.45) is 18.2. The molecule has 0 aliphatic heterocycles. The summed E-state index contributed by atoms with van der Waals surface area (Å²) in [7, 11) is 0. The van der Waals surface area contributed by atoms with E-state index in [1.54, 1.807) is 0 Å². The molecule has 0 aromatic heterocycles. The Morgan fingerprint density at radius 1 is 0.333 bits per heavy atom. The van der Waals surface area contributed by atoms with Gasteiger partial charge in [-0.15, -0.1) is 0 Å². The number of aliphatic hydroxyl groups excluding tert-OH is 3. The third kappa shape index (κ3) is 18.2. The molecule has 0 spiro atoms. The van der Waals surface area contributed by atoms with Crippen LogP contribution in [0.25, 0.3) is 0 Å². The molecule has 0 aromatic rings. The second kappa shape index (κ2) is 20.9. The van der Waals surface area contributed by atoms with Crippen molar-refractivity contribution in [1.82, 2.24) is 4.90 Å². The van der Waals surface area contributed by atoms with Crippen molar-refractivity contribution in [2.45, 2.75) is 89.9 Å². The number of hydrogen-bond donors (Lipinski definition) is 3. The van der Waals surface area contributed by atoms with Gasteiger partial charge in [-0.05, 0) is 19.4 Å². The highest BCUT2D eigenvalue weighted by atomic mass is 16.3. The van der Waals surface area contributed by atoms with E-state index in [0.29, 0.717) is 19.7 Å². The molecule has 0 amide bonds. The van der Waals surface area contributed by atoms with Crippen molar-refractivity contribution < 1.29 is 15.3 Å². The van der Waals surface area contributed by atoms with Gasteiger partial charge in [-0.25, -0.2) is 0 Å². The number of rotatable bonds is 20. The van der Waals surface area contributed by atoms with Gasteiger partial charge in [0.1, 0.15) is 0 Å². The molecule has 0 radical (unpaired) electrons. The molecule has 0 heterocycles. The molecule has 0 aliphatic carbocycles. The SMILES string of the molecule is OCCCCCCCCCCCCCCCCN(CCO)CCO. The van der Waals surface area contributed by atoms with E-state index in [1.165, 1.54) is 83.5 Å². The molecule has 0 rings (SSSR count). The second-order valence-corrected chi connectivity index (χ2v) is 6.96. The molecule has 0 saturated carbocycles. The monoisotopic (exact) mass is 345 g/mol. The van der Waals surface area contributed by atoms with Gasteiger partial charge in [0.25, 0.3) is 0 Å². The third-order valence-electron chi connectivity index (χ3n) is 4.71. The molecule has 0 bridgehead atoms. The van der Waals surface area contributed by atoms with Crippen LogP contribution in [0.2, 0.25) is 0 Å². The zero-order chi connectivity index (χ0) is 17.7. The summed E-state index contributed by atoms with van der Waals surface area (Å²) in [5, 5.41) is 26.6. The van der Waals surface area contributed by atoms with Crippen molar-refractivity contribution in [3.05, 3.63) is 0 Å². The van der Waals surface area contributed by atoms with E-state index in [-0.39, 0.29) is 13.2 Å². The van der Waals surface area contributed by atoms with E-state index in [1.807, 2.05) is 0 Å². The van der Waals surface area contributed by atoms with Crippen LogP contribution in [0.3, 0.4) is 0 Å². The molecular weight excluding hydrogens is 302 g/mol. The standard InChI is InChI=1S/C20H43NO3/c22-18-14-12-10-8-6-4-2-1-3-5-7-9-11-13-15-21(16-19-23)17-20-24/h22-24H,1-20H2. The van der Waals surface area contributed by atoms with Crippen molar-refractivity contribution in [3.63, 3.8) is 0 Å². The molecule has 146 valence electrons. The van der Waals surface area contributed by atoms with Crippen LogP contribution in [0.5, 0.6) is 0 Å². The van der Waals surface area contributed by atoms with Gasteiger partial charge < -0.3 is 15.3 Å². The van der Waals surface area contributed by atoms with Crippen LogP contribution >= 0.6 is 0 Å². The van der Waals surface area contributed by atoms with Gasteiger partial charge in [-0.2, -0.15) is 0 Å². The normalized spacial score (nSPS) is 11.5. The Labute approximate surface area is 150 Å². The predicted octanol–water partition coefficient (Wildman–Crippen LogP) is 3.73. The fraction of sp³-hybridized carbons (Fsp3) is 1.00. The minimum absolute atomic E-state index is 0.183. The maximum atomic E-state index is 8.96. The molecular formula is C20H43NO3. The van der Waals surface area contributed by atoms with E-state index < -0.39 is 0 Å². The molecule has 24 heavy (non-hydrogen) atoms. The second-order valence-electron chi connectivity index (χ2n) is 6.96. The van der Waals surface area contributed by atoms with E-state index in [4.69, 9.17) is 15.3 Å². The Balaban J connectivity index is 3.14. The maximum Gasteiger partial charge on any atom is 0.0558 e. The van der Waals surface area contributed by atoms with Crippen molar-refractivity contribution in [3.8, 4) is 0 Å². The van der Waals surface area contributed by atoms with Crippen LogP contribution in [-0.2, 0) is 0 Å². The van der Waals surface area contributed by atoms with Crippen molar-refractivity contribution in [2.24, 2.45) is 0 Å². The zero-order valence-corrected chi connectivity index (χ0v) is 15.9. The Kier molecular flexibility index (Phi) is 20.7. The van der Waals surface area contributed by atoms with Crippen molar-refractivity contribution >= 4 is 0 Å². The number of hydrogen-bond acceptors (Lipinski definition) is 4. The molecule has 4 heteroatoms. The Morgan fingerprint density at radius 2 is 0.667 bits per heavy atom. The summed E-state index contributed by atoms with van der Waals surface area (Å²) in [4.78, 5) is 2.14. The fourth-order valence-corrected chi connectivity index (χ4v) is 3.19. The Hall–Kier alpha value is -0.160. The van der Waals surface area contributed by atoms with Crippen LogP contribution in [-0.4, -0.2) is 59.7 Å². The molecule has 0 saturated heterocycles. The van der Waals surface area contributed by atoms with Gasteiger partial charge in [0, 0.05) is 19.7 Å². The summed E-state index contributed by atoms with van der Waals surface area (Å²) in [6.45, 7) is 3.08. The average Bonchev–Trinajstić information content (AvgIpc) is 2.58. The fourth-order valence-electron chi connectivity index (χ4n) is 3.19. The van der Waals surface area contributed by atoms with Crippen LogP contribution in [0.4, 0.5) is 0 Å². The van der Waals surface area contributed by atoms with Gasteiger partial charge in [-0.1, -0.05) is 77.0 Å². The summed E-state index contributed by atoms with van der Waals surface area (Å²) in [5.41, 5.74) is 0. The molecule has 4 nitrogen and oxygen atoms in total. The van der Waals surface area contributed by atoms with Crippen LogP contribution in [0.15, 0.2) is 0 Å². The molecule has 0 aliphatic rings. The first-order valence-corrected chi connectivity index (χ1v) is 10.4. The number of unbranched alkanes of at least 4 members (excludes halogenated alkanes) is 13. The van der Waals surface area contributed by atoms with Gasteiger partial charge >= 0.3 is 0 Å². The highest BCUT2D eigenvalue weighted by Gasteiger charge is 2.02. The molecule has 0 fully saturated rings. The molecule has 0 aromatic carbocycles. The quantitative estimate of drug-likeness (QED) is 0.294. The maximum absolute atomic E-state index is 8.96. The lowest BCUT2D eigenvalue weighted by atomic mass is 10.0. The average molecular weight is 346 g/mol. The molecule has 3 N–H and O–H groups in total. The lowest BCUT2D eigenvalue weighted by Gasteiger charge is -2.19. The van der Waals surface area contributed by atoms with E-state index >= 15 is 0 Å². The van der Waals surface area contributed by atoms with Gasteiger partial charge in [0.15, 0.2) is 0 Å². The number of nitrogens with zero attached hydrogens (tertiary/aromatic N) is 1. The Bertz CT molecular complexity index is 221. The summed E-state index contributed by atoms with van der Waals surface area (Å²) < 4.78 is 0. The highest BCUT2D eigenvalue weighted by Crippen LogP contribution is 2.13. The number of aliphatic hydroxyl groups is 3.